The van der Waals surface area contributed by atoms with E-state index in [4.69, 9.17) is 14.7 Å². The van der Waals surface area contributed by atoms with Crippen molar-refractivity contribution in [2.24, 2.45) is 0 Å². The molecule has 4 rings (SSSR count). The van der Waals surface area contributed by atoms with Gasteiger partial charge in [-0.15, -0.1) is 0 Å². The molecule has 1 fully saturated rings. The maximum atomic E-state index is 11.9. The standard InChI is InChI=1S/C23H27N5O2/c1-15(2)27(3)22-21(17-8-10-20(24-14-17)28-11-5-6-12-28)25-18-9-7-16(23(29)30-4)13-19(18)26-22/h7-10,13-15H,5-6,11-12H2,1-4H3. The zero-order chi connectivity index (χ0) is 21.3. The summed E-state index contributed by atoms with van der Waals surface area (Å²) < 4.78 is 4.84. The molecule has 3 heterocycles. The average molecular weight is 406 g/mol. The molecule has 1 aliphatic rings. The SMILES string of the molecule is COC(=O)c1ccc2nc(-c3ccc(N4CCCC4)nc3)c(N(C)C(C)C)nc2c1. The Hall–Kier alpha value is -3.22. The van der Waals surface area contributed by atoms with Crippen LogP contribution in [-0.2, 0) is 4.74 Å². The molecule has 0 unspecified atom stereocenters. The van der Waals surface area contributed by atoms with Crippen molar-refractivity contribution in [3.05, 3.63) is 42.1 Å². The summed E-state index contributed by atoms with van der Waals surface area (Å²) in [7, 11) is 3.37. The number of benzene rings is 1. The molecule has 7 heteroatoms. The maximum Gasteiger partial charge on any atom is 0.337 e. The minimum absolute atomic E-state index is 0.233. The van der Waals surface area contributed by atoms with Gasteiger partial charge in [-0.2, -0.15) is 0 Å². The largest absolute Gasteiger partial charge is 0.465 e. The fourth-order valence-corrected chi connectivity index (χ4v) is 3.63. The minimum atomic E-state index is -0.386. The highest BCUT2D eigenvalue weighted by atomic mass is 16.5. The van der Waals surface area contributed by atoms with Crippen molar-refractivity contribution < 1.29 is 9.53 Å². The number of methoxy groups -OCH3 is 1. The monoisotopic (exact) mass is 405 g/mol. The number of ether oxygens (including phenoxy) is 1. The lowest BCUT2D eigenvalue weighted by Crippen LogP contribution is -2.27. The van der Waals surface area contributed by atoms with Crippen molar-refractivity contribution in [2.45, 2.75) is 32.7 Å². The highest BCUT2D eigenvalue weighted by Crippen LogP contribution is 2.31. The van der Waals surface area contributed by atoms with E-state index in [0.29, 0.717) is 11.1 Å². The number of carbonyl (C=O) groups is 1. The maximum absolute atomic E-state index is 11.9. The number of rotatable bonds is 5. The number of aromatic nitrogens is 3. The molecule has 3 aromatic rings. The van der Waals surface area contributed by atoms with Crippen molar-refractivity contribution in [1.29, 1.82) is 0 Å². The van der Waals surface area contributed by atoms with Gasteiger partial charge in [0, 0.05) is 37.9 Å². The third-order valence-corrected chi connectivity index (χ3v) is 5.63. The summed E-state index contributed by atoms with van der Waals surface area (Å²) in [6.45, 7) is 6.34. The highest BCUT2D eigenvalue weighted by Gasteiger charge is 2.19. The third-order valence-electron chi connectivity index (χ3n) is 5.63. The number of carbonyl (C=O) groups excluding carboxylic acids is 1. The van der Waals surface area contributed by atoms with E-state index in [2.05, 4.69) is 40.8 Å². The summed E-state index contributed by atoms with van der Waals surface area (Å²) in [4.78, 5) is 30.8. The summed E-state index contributed by atoms with van der Waals surface area (Å²) >= 11 is 0. The predicted molar refractivity (Wildman–Crippen MR) is 119 cm³/mol. The first kappa shape index (κ1) is 20.1. The molecule has 0 saturated carbocycles. The van der Waals surface area contributed by atoms with Crippen LogP contribution in [0.15, 0.2) is 36.5 Å². The van der Waals surface area contributed by atoms with E-state index in [1.54, 1.807) is 12.1 Å². The van der Waals surface area contributed by atoms with E-state index >= 15 is 0 Å². The fourth-order valence-electron chi connectivity index (χ4n) is 3.63. The van der Waals surface area contributed by atoms with Gasteiger partial charge in [0.1, 0.15) is 11.5 Å². The quantitative estimate of drug-likeness (QED) is 0.596. The second kappa shape index (κ2) is 8.26. The molecule has 0 radical (unpaired) electrons. The summed E-state index contributed by atoms with van der Waals surface area (Å²) in [5.74, 6) is 1.38. The van der Waals surface area contributed by atoms with Crippen LogP contribution in [0.1, 0.15) is 37.0 Å². The second-order valence-electron chi connectivity index (χ2n) is 7.89. The van der Waals surface area contributed by atoms with Gasteiger partial charge >= 0.3 is 5.97 Å². The van der Waals surface area contributed by atoms with Crippen LogP contribution in [-0.4, -0.2) is 54.2 Å². The van der Waals surface area contributed by atoms with Crippen LogP contribution in [0.4, 0.5) is 11.6 Å². The molecule has 0 bridgehead atoms. The molecule has 0 aliphatic carbocycles. The van der Waals surface area contributed by atoms with Crippen LogP contribution in [0.5, 0.6) is 0 Å². The summed E-state index contributed by atoms with van der Waals surface area (Å²) in [5, 5.41) is 0. The van der Waals surface area contributed by atoms with Crippen molar-refractivity contribution in [1.82, 2.24) is 15.0 Å². The molecule has 1 saturated heterocycles. The molecule has 30 heavy (non-hydrogen) atoms. The predicted octanol–water partition coefficient (Wildman–Crippen LogP) is 3.92. The van der Waals surface area contributed by atoms with E-state index in [0.717, 1.165) is 41.5 Å². The highest BCUT2D eigenvalue weighted by molar-refractivity contribution is 5.94. The first-order chi connectivity index (χ1) is 14.5. The van der Waals surface area contributed by atoms with Crippen LogP contribution < -0.4 is 9.80 Å². The van der Waals surface area contributed by atoms with Gasteiger partial charge in [0.2, 0.25) is 0 Å². The zero-order valence-electron chi connectivity index (χ0n) is 17.9. The van der Waals surface area contributed by atoms with E-state index in [1.807, 2.05) is 19.3 Å². The molecule has 0 atom stereocenters. The van der Waals surface area contributed by atoms with E-state index in [-0.39, 0.29) is 12.0 Å². The van der Waals surface area contributed by atoms with Gasteiger partial charge in [-0.3, -0.25) is 0 Å². The van der Waals surface area contributed by atoms with Crippen LogP contribution in [0, 0.1) is 0 Å². The molecule has 7 nitrogen and oxygen atoms in total. The van der Waals surface area contributed by atoms with Crippen molar-refractivity contribution in [3.63, 3.8) is 0 Å². The normalized spacial score (nSPS) is 13.8. The van der Waals surface area contributed by atoms with Crippen LogP contribution in [0.2, 0.25) is 0 Å². The van der Waals surface area contributed by atoms with Gasteiger partial charge in [0.15, 0.2) is 5.82 Å². The first-order valence-electron chi connectivity index (χ1n) is 10.3. The second-order valence-corrected chi connectivity index (χ2v) is 7.89. The Labute approximate surface area is 176 Å². The molecule has 0 N–H and O–H groups in total. The molecule has 1 aromatic carbocycles. The van der Waals surface area contributed by atoms with Crippen LogP contribution in [0.25, 0.3) is 22.3 Å². The summed E-state index contributed by atoms with van der Waals surface area (Å²) in [5.41, 5.74) is 3.55. The molecule has 0 spiro atoms. The Balaban J connectivity index is 1.80. The molecule has 2 aromatic heterocycles. The number of nitrogens with zero attached hydrogens (tertiary/aromatic N) is 5. The van der Waals surface area contributed by atoms with Gasteiger partial charge in [-0.25, -0.2) is 19.7 Å². The van der Waals surface area contributed by atoms with Gasteiger partial charge in [0.05, 0.1) is 23.7 Å². The summed E-state index contributed by atoms with van der Waals surface area (Å²) in [6.07, 6.45) is 4.32. The van der Waals surface area contributed by atoms with Gasteiger partial charge < -0.3 is 14.5 Å². The van der Waals surface area contributed by atoms with Gasteiger partial charge in [-0.1, -0.05) is 0 Å². The Morgan fingerprint density at radius 3 is 2.50 bits per heavy atom. The third kappa shape index (κ3) is 3.79. The Kier molecular flexibility index (Phi) is 5.53. The Morgan fingerprint density at radius 1 is 1.10 bits per heavy atom. The molecule has 1 aliphatic heterocycles. The topological polar surface area (TPSA) is 71.5 Å². The van der Waals surface area contributed by atoms with Crippen LogP contribution in [0.3, 0.4) is 0 Å². The number of pyridine rings is 1. The lowest BCUT2D eigenvalue weighted by molar-refractivity contribution is 0.0601. The van der Waals surface area contributed by atoms with Gasteiger partial charge in [-0.05, 0) is 57.0 Å². The van der Waals surface area contributed by atoms with Crippen molar-refractivity contribution >= 4 is 28.6 Å². The average Bonchev–Trinajstić information content (AvgIpc) is 3.31. The minimum Gasteiger partial charge on any atom is -0.465 e. The van der Waals surface area contributed by atoms with Crippen molar-refractivity contribution in [2.75, 3.05) is 37.0 Å². The van der Waals surface area contributed by atoms with E-state index < -0.39 is 0 Å². The van der Waals surface area contributed by atoms with Gasteiger partial charge in [0.25, 0.3) is 0 Å². The lowest BCUT2D eigenvalue weighted by Gasteiger charge is -2.25. The summed E-state index contributed by atoms with van der Waals surface area (Å²) in [6, 6.07) is 9.61. The molecule has 0 amide bonds. The molecular weight excluding hydrogens is 378 g/mol. The number of esters is 1. The Bertz CT molecular complexity index is 1060. The fraction of sp³-hybridized carbons (Fsp3) is 0.391. The number of anilines is 2. The molecule has 156 valence electrons. The first-order valence-corrected chi connectivity index (χ1v) is 10.3. The lowest BCUT2D eigenvalue weighted by atomic mass is 10.1. The van der Waals surface area contributed by atoms with E-state index in [9.17, 15) is 4.79 Å². The zero-order valence-corrected chi connectivity index (χ0v) is 17.9. The van der Waals surface area contributed by atoms with E-state index in [1.165, 1.54) is 20.0 Å². The van der Waals surface area contributed by atoms with Crippen molar-refractivity contribution in [3.8, 4) is 11.3 Å². The smallest absolute Gasteiger partial charge is 0.337 e. The molecular formula is C23H27N5O2. The number of fused-ring (bicyclic) bond motifs is 1. The Morgan fingerprint density at radius 2 is 1.87 bits per heavy atom. The van der Waals surface area contributed by atoms with Crippen LogP contribution >= 0.6 is 0 Å². The number of hydrogen-bond acceptors (Lipinski definition) is 7. The number of hydrogen-bond donors (Lipinski definition) is 0.